The van der Waals surface area contributed by atoms with Gasteiger partial charge in [-0.2, -0.15) is 0 Å². The Labute approximate surface area is 137 Å². The van der Waals surface area contributed by atoms with Crippen LogP contribution in [0.5, 0.6) is 5.75 Å². The first-order chi connectivity index (χ1) is 11.6. The standard InChI is InChI=1S/C17H15N3O4/c18-15-13(17(22)23-8-9-3-4-9)14(21)12(24-15)6-10-7-20-16-11(10)2-1-5-19-16/h1-2,5-7,9,21H,3-4,8,18H2. The number of esters is 1. The second-order valence-electron chi connectivity index (χ2n) is 5.83. The Morgan fingerprint density at radius 3 is 3.12 bits per heavy atom. The van der Waals surface area contributed by atoms with Gasteiger partial charge in [0.1, 0.15) is 0 Å². The molecule has 7 nitrogen and oxygen atoms in total. The molecule has 0 atom stereocenters. The van der Waals surface area contributed by atoms with E-state index in [2.05, 4.69) is 9.98 Å². The van der Waals surface area contributed by atoms with Gasteiger partial charge in [0.2, 0.25) is 5.88 Å². The molecular weight excluding hydrogens is 310 g/mol. The molecule has 0 spiro atoms. The van der Waals surface area contributed by atoms with Crippen LogP contribution >= 0.6 is 0 Å². The molecule has 0 aromatic carbocycles. The van der Waals surface area contributed by atoms with Crippen molar-refractivity contribution in [2.45, 2.75) is 12.8 Å². The molecule has 3 heterocycles. The minimum Gasteiger partial charge on any atom is -0.504 e. The van der Waals surface area contributed by atoms with Crippen LogP contribution in [0.1, 0.15) is 34.5 Å². The van der Waals surface area contributed by atoms with Crippen LogP contribution in [-0.4, -0.2) is 28.9 Å². The number of aliphatic imine (C=N–C) groups is 1. The molecule has 1 saturated carbocycles. The number of carbonyl (C=O) groups is 1. The van der Waals surface area contributed by atoms with Gasteiger partial charge in [0, 0.05) is 23.5 Å². The zero-order chi connectivity index (χ0) is 16.7. The molecule has 7 heteroatoms. The van der Waals surface area contributed by atoms with Gasteiger partial charge in [-0.15, -0.1) is 0 Å². The lowest BCUT2D eigenvalue weighted by atomic mass is 10.1. The fourth-order valence-corrected chi connectivity index (χ4v) is 2.48. The molecule has 0 saturated heterocycles. The molecule has 2 aromatic rings. The number of rotatable bonds is 4. The summed E-state index contributed by atoms with van der Waals surface area (Å²) >= 11 is 0. The highest BCUT2D eigenvalue weighted by Gasteiger charge is 2.28. The molecule has 4 rings (SSSR count). The van der Waals surface area contributed by atoms with Gasteiger partial charge >= 0.3 is 5.97 Å². The van der Waals surface area contributed by atoms with Crippen LogP contribution in [-0.2, 0) is 4.74 Å². The molecule has 0 amide bonds. The van der Waals surface area contributed by atoms with Gasteiger partial charge in [-0.3, -0.25) is 0 Å². The van der Waals surface area contributed by atoms with E-state index >= 15 is 0 Å². The lowest BCUT2D eigenvalue weighted by Gasteiger charge is -2.02. The van der Waals surface area contributed by atoms with Crippen LogP contribution in [0.15, 0.2) is 27.7 Å². The van der Waals surface area contributed by atoms with E-state index in [1.807, 2.05) is 6.07 Å². The van der Waals surface area contributed by atoms with Crippen molar-refractivity contribution in [1.82, 2.24) is 4.98 Å². The zero-order valence-corrected chi connectivity index (χ0v) is 12.7. The topological polar surface area (TPSA) is 111 Å². The molecule has 1 fully saturated rings. The summed E-state index contributed by atoms with van der Waals surface area (Å²) in [5.41, 5.74) is 7.11. The van der Waals surface area contributed by atoms with Gasteiger partial charge in [0.25, 0.3) is 0 Å². The maximum Gasteiger partial charge on any atom is 0.347 e. The van der Waals surface area contributed by atoms with Crippen LogP contribution in [0.25, 0.3) is 11.6 Å². The van der Waals surface area contributed by atoms with Crippen molar-refractivity contribution < 1.29 is 19.1 Å². The van der Waals surface area contributed by atoms with E-state index in [1.54, 1.807) is 24.6 Å². The summed E-state index contributed by atoms with van der Waals surface area (Å²) in [7, 11) is 0. The number of anilines is 1. The van der Waals surface area contributed by atoms with Gasteiger partial charge in [-0.1, -0.05) is 0 Å². The van der Waals surface area contributed by atoms with Crippen molar-refractivity contribution in [3.8, 4) is 5.75 Å². The van der Waals surface area contributed by atoms with Gasteiger partial charge in [0.15, 0.2) is 22.9 Å². The Balaban J connectivity index is 1.63. The summed E-state index contributed by atoms with van der Waals surface area (Å²) in [6, 6.07) is 3.65. The molecule has 3 N–H and O–H groups in total. The second-order valence-corrected chi connectivity index (χ2v) is 5.83. The van der Waals surface area contributed by atoms with Gasteiger partial charge in [0.05, 0.1) is 6.61 Å². The number of nitrogen functional groups attached to an aromatic ring is 1. The Morgan fingerprint density at radius 2 is 2.33 bits per heavy atom. The molecule has 122 valence electrons. The largest absolute Gasteiger partial charge is 0.504 e. The molecule has 0 unspecified atom stereocenters. The molecule has 0 bridgehead atoms. The third-order valence-corrected chi connectivity index (χ3v) is 4.00. The van der Waals surface area contributed by atoms with E-state index in [9.17, 15) is 9.90 Å². The monoisotopic (exact) mass is 325 g/mol. The number of pyridine rings is 1. The quantitative estimate of drug-likeness (QED) is 0.836. The van der Waals surface area contributed by atoms with Crippen molar-refractivity contribution in [1.29, 1.82) is 0 Å². The number of hydrogen-bond acceptors (Lipinski definition) is 7. The minimum atomic E-state index is -0.674. The maximum atomic E-state index is 12.1. The van der Waals surface area contributed by atoms with Crippen LogP contribution < -0.4 is 5.73 Å². The Kier molecular flexibility index (Phi) is 3.34. The summed E-state index contributed by atoms with van der Waals surface area (Å²) < 4.78 is 10.5. The van der Waals surface area contributed by atoms with Gasteiger partial charge in [-0.25, -0.2) is 14.8 Å². The predicted molar refractivity (Wildman–Crippen MR) is 88.1 cm³/mol. The van der Waals surface area contributed by atoms with E-state index in [1.165, 1.54) is 0 Å². The van der Waals surface area contributed by atoms with E-state index < -0.39 is 5.97 Å². The lowest BCUT2D eigenvalue weighted by molar-refractivity contribution is 0.0484. The number of nitrogens with zero attached hydrogens (tertiary/aromatic N) is 2. The maximum absolute atomic E-state index is 12.1. The number of allylic oxidation sites excluding steroid dienone is 1. The van der Waals surface area contributed by atoms with E-state index in [4.69, 9.17) is 14.9 Å². The highest BCUT2D eigenvalue weighted by Crippen LogP contribution is 2.37. The fraction of sp³-hybridized carbons (Fsp3) is 0.235. The number of fused-ring (bicyclic) bond motifs is 1. The number of ether oxygens (including phenoxy) is 1. The average molecular weight is 325 g/mol. The summed E-state index contributed by atoms with van der Waals surface area (Å²) in [5, 5.41) is 10.3. The third kappa shape index (κ3) is 2.54. The highest BCUT2D eigenvalue weighted by molar-refractivity contribution is 6.21. The molecular formula is C17H15N3O4. The Morgan fingerprint density at radius 1 is 1.50 bits per heavy atom. The molecule has 0 radical (unpaired) electrons. The molecule has 24 heavy (non-hydrogen) atoms. The SMILES string of the molecule is Nc1oc(C=C2C=Nc3ncccc32)c(O)c1C(=O)OCC1CC1. The van der Waals surface area contributed by atoms with Crippen molar-refractivity contribution in [3.63, 3.8) is 0 Å². The second kappa shape index (κ2) is 5.52. The zero-order valence-electron chi connectivity index (χ0n) is 12.7. The van der Waals surface area contributed by atoms with Crippen molar-refractivity contribution in [2.75, 3.05) is 12.3 Å². The highest BCUT2D eigenvalue weighted by atomic mass is 16.5. The van der Waals surface area contributed by atoms with Crippen molar-refractivity contribution in [2.24, 2.45) is 10.9 Å². The lowest BCUT2D eigenvalue weighted by Crippen LogP contribution is -2.08. The summed E-state index contributed by atoms with van der Waals surface area (Å²) in [5.74, 6) is -0.0687. The van der Waals surface area contributed by atoms with E-state index in [-0.39, 0.29) is 23.0 Å². The third-order valence-electron chi connectivity index (χ3n) is 4.00. The summed E-state index contributed by atoms with van der Waals surface area (Å²) in [6.45, 7) is 0.338. The summed E-state index contributed by atoms with van der Waals surface area (Å²) in [6.07, 6.45) is 6.95. The predicted octanol–water partition coefficient (Wildman–Crippen LogP) is 2.79. The molecule has 1 aliphatic carbocycles. The number of carbonyl (C=O) groups excluding carboxylic acids is 1. The van der Waals surface area contributed by atoms with Crippen LogP contribution in [0, 0.1) is 5.92 Å². The molecule has 2 aromatic heterocycles. The number of aromatic hydroxyl groups is 1. The molecule has 1 aliphatic heterocycles. The number of nitrogens with two attached hydrogens (primary N) is 1. The first kappa shape index (κ1) is 14.5. The number of hydrogen-bond donors (Lipinski definition) is 2. The fourth-order valence-electron chi connectivity index (χ4n) is 2.48. The first-order valence-electron chi connectivity index (χ1n) is 7.63. The average Bonchev–Trinajstić information content (AvgIpc) is 3.26. The Bertz CT molecular complexity index is 878. The normalized spacial score (nSPS) is 17.2. The van der Waals surface area contributed by atoms with Crippen LogP contribution in [0.3, 0.4) is 0 Å². The number of furan rings is 1. The van der Waals surface area contributed by atoms with Gasteiger partial charge in [-0.05, 0) is 37.0 Å². The Hall–Kier alpha value is -3.09. The minimum absolute atomic E-state index is 0.0871. The summed E-state index contributed by atoms with van der Waals surface area (Å²) in [4.78, 5) is 20.4. The van der Waals surface area contributed by atoms with E-state index in [0.29, 0.717) is 23.9 Å². The smallest absolute Gasteiger partial charge is 0.347 e. The van der Waals surface area contributed by atoms with E-state index in [0.717, 1.165) is 18.4 Å². The van der Waals surface area contributed by atoms with Gasteiger partial charge < -0.3 is 20.0 Å². The van der Waals surface area contributed by atoms with Crippen molar-refractivity contribution >= 4 is 35.5 Å². The van der Waals surface area contributed by atoms with Crippen LogP contribution in [0.4, 0.5) is 11.7 Å². The van der Waals surface area contributed by atoms with Crippen molar-refractivity contribution in [3.05, 3.63) is 35.2 Å². The van der Waals surface area contributed by atoms with Crippen LogP contribution in [0.2, 0.25) is 0 Å². The first-order valence-corrected chi connectivity index (χ1v) is 7.63. The number of aromatic nitrogens is 1. The molecule has 2 aliphatic rings.